The molecule has 0 fully saturated rings. The minimum Gasteiger partial charge on any atom is -0.512 e. The Labute approximate surface area is 88.0 Å². The van der Waals surface area contributed by atoms with Gasteiger partial charge in [-0.1, -0.05) is 30.3 Å². The summed E-state index contributed by atoms with van der Waals surface area (Å²) in [6, 6.07) is 8.65. The summed E-state index contributed by atoms with van der Waals surface area (Å²) in [5.74, 6) is -0.671. The Morgan fingerprint density at radius 3 is 2.40 bits per heavy atom. The zero-order valence-corrected chi connectivity index (χ0v) is 8.43. The molecule has 3 nitrogen and oxygen atoms in total. The van der Waals surface area contributed by atoms with E-state index in [1.165, 1.54) is 6.92 Å². The maximum atomic E-state index is 11.5. The number of carbonyl (C=O) groups is 2. The number of ketones is 2. The van der Waals surface area contributed by atoms with Crippen LogP contribution in [0.15, 0.2) is 42.2 Å². The second-order valence-electron chi connectivity index (χ2n) is 3.21. The van der Waals surface area contributed by atoms with E-state index in [2.05, 4.69) is 0 Å². The highest BCUT2D eigenvalue weighted by Crippen LogP contribution is 2.07. The zero-order chi connectivity index (χ0) is 11.3. The van der Waals surface area contributed by atoms with Crippen molar-refractivity contribution in [3.05, 3.63) is 47.7 Å². The molecule has 0 spiro atoms. The van der Waals surface area contributed by atoms with Gasteiger partial charge in [-0.3, -0.25) is 9.59 Å². The van der Waals surface area contributed by atoms with E-state index in [0.717, 1.165) is 6.08 Å². The highest BCUT2D eigenvalue weighted by atomic mass is 16.3. The fourth-order valence-corrected chi connectivity index (χ4v) is 1.18. The molecule has 0 aliphatic rings. The van der Waals surface area contributed by atoms with Crippen LogP contribution in [0.3, 0.4) is 0 Å². The molecule has 0 aliphatic carbocycles. The predicted molar refractivity (Wildman–Crippen MR) is 56.8 cm³/mol. The van der Waals surface area contributed by atoms with Crippen molar-refractivity contribution in [1.29, 1.82) is 0 Å². The van der Waals surface area contributed by atoms with Crippen LogP contribution in [0.5, 0.6) is 0 Å². The van der Waals surface area contributed by atoms with Crippen molar-refractivity contribution < 1.29 is 14.7 Å². The molecule has 0 aromatic heterocycles. The molecule has 15 heavy (non-hydrogen) atoms. The Morgan fingerprint density at radius 1 is 1.27 bits per heavy atom. The summed E-state index contributed by atoms with van der Waals surface area (Å²) in [4.78, 5) is 22.1. The largest absolute Gasteiger partial charge is 0.512 e. The number of allylic oxidation sites excluding steroid dienone is 2. The summed E-state index contributed by atoms with van der Waals surface area (Å²) in [5, 5.41) is 9.27. The van der Waals surface area contributed by atoms with Crippen molar-refractivity contribution in [2.45, 2.75) is 13.3 Å². The molecule has 0 bridgehead atoms. The second kappa shape index (κ2) is 5.10. The first kappa shape index (κ1) is 11.2. The molecule has 0 saturated carbocycles. The maximum absolute atomic E-state index is 11.5. The fraction of sp³-hybridized carbons (Fsp3) is 0.167. The average Bonchev–Trinajstić information content (AvgIpc) is 2.17. The molecule has 0 atom stereocenters. The second-order valence-corrected chi connectivity index (χ2v) is 3.21. The maximum Gasteiger partial charge on any atom is 0.170 e. The van der Waals surface area contributed by atoms with E-state index in [9.17, 15) is 14.7 Å². The molecule has 0 heterocycles. The summed E-state index contributed by atoms with van der Waals surface area (Å²) >= 11 is 0. The van der Waals surface area contributed by atoms with E-state index >= 15 is 0 Å². The number of carbonyl (C=O) groups excluding carboxylic acids is 2. The lowest BCUT2D eigenvalue weighted by Crippen LogP contribution is -2.01. The van der Waals surface area contributed by atoms with Gasteiger partial charge < -0.3 is 5.11 Å². The summed E-state index contributed by atoms with van der Waals surface area (Å²) in [6.45, 7) is 1.32. The summed E-state index contributed by atoms with van der Waals surface area (Å²) in [7, 11) is 0. The number of aliphatic hydroxyl groups excluding tert-OH is 1. The van der Waals surface area contributed by atoms with Crippen LogP contribution in [0.4, 0.5) is 0 Å². The Kier molecular flexibility index (Phi) is 3.80. The van der Waals surface area contributed by atoms with Crippen molar-refractivity contribution in [2.75, 3.05) is 0 Å². The molecule has 1 aromatic rings. The topological polar surface area (TPSA) is 54.4 Å². The Hall–Kier alpha value is -1.90. The third kappa shape index (κ3) is 3.77. The van der Waals surface area contributed by atoms with Gasteiger partial charge in [0, 0.05) is 11.6 Å². The van der Waals surface area contributed by atoms with Gasteiger partial charge in [-0.2, -0.15) is 0 Å². The number of benzene rings is 1. The fourth-order valence-electron chi connectivity index (χ4n) is 1.18. The lowest BCUT2D eigenvalue weighted by molar-refractivity contribution is -0.112. The van der Waals surface area contributed by atoms with Crippen molar-refractivity contribution in [3.63, 3.8) is 0 Å². The first-order valence-electron chi connectivity index (χ1n) is 4.58. The molecule has 3 heteroatoms. The van der Waals surface area contributed by atoms with Gasteiger partial charge in [0.2, 0.25) is 0 Å². The van der Waals surface area contributed by atoms with Gasteiger partial charge in [0.1, 0.15) is 5.76 Å². The van der Waals surface area contributed by atoms with Gasteiger partial charge in [-0.05, 0) is 6.92 Å². The van der Waals surface area contributed by atoms with E-state index in [0.29, 0.717) is 5.56 Å². The van der Waals surface area contributed by atoms with E-state index in [1.54, 1.807) is 24.3 Å². The molecular weight excluding hydrogens is 192 g/mol. The third-order valence-corrected chi connectivity index (χ3v) is 1.81. The Bertz CT molecular complexity index is 391. The van der Waals surface area contributed by atoms with Crippen LogP contribution in [0.1, 0.15) is 23.7 Å². The number of Topliss-reactive ketones (excluding diaryl/α,β-unsaturated/α-hetero) is 1. The normalized spacial score (nSPS) is 11.1. The van der Waals surface area contributed by atoms with Crippen molar-refractivity contribution in [1.82, 2.24) is 0 Å². The molecule has 1 N–H and O–H groups in total. The zero-order valence-electron chi connectivity index (χ0n) is 8.43. The summed E-state index contributed by atoms with van der Waals surface area (Å²) < 4.78 is 0. The monoisotopic (exact) mass is 204 g/mol. The lowest BCUT2D eigenvalue weighted by atomic mass is 10.1. The van der Waals surface area contributed by atoms with Crippen LogP contribution in [0.2, 0.25) is 0 Å². The van der Waals surface area contributed by atoms with Gasteiger partial charge in [-0.25, -0.2) is 0 Å². The first-order valence-corrected chi connectivity index (χ1v) is 4.58. The number of hydrogen-bond acceptors (Lipinski definition) is 3. The minimum atomic E-state index is -0.270. The molecule has 0 saturated heterocycles. The van der Waals surface area contributed by atoms with Gasteiger partial charge in [0.05, 0.1) is 6.42 Å². The van der Waals surface area contributed by atoms with E-state index in [-0.39, 0.29) is 23.7 Å². The first-order chi connectivity index (χ1) is 7.09. The standard InChI is InChI=1S/C12H12O3/c1-9(13)7-11(14)8-12(15)10-5-3-2-4-6-10/h2-7,14H,8H2,1H3/b11-7-. The molecule has 0 aliphatic heterocycles. The van der Waals surface area contributed by atoms with E-state index in [4.69, 9.17) is 0 Å². The molecule has 0 amide bonds. The summed E-state index contributed by atoms with van der Waals surface area (Å²) in [6.07, 6.45) is 0.921. The van der Waals surface area contributed by atoms with Crippen LogP contribution in [-0.2, 0) is 4.79 Å². The predicted octanol–water partition coefficient (Wildman–Crippen LogP) is 2.29. The minimum absolute atomic E-state index is 0.135. The number of rotatable bonds is 4. The average molecular weight is 204 g/mol. The molecule has 1 rings (SSSR count). The van der Waals surface area contributed by atoms with Crippen molar-refractivity contribution in [3.8, 4) is 0 Å². The van der Waals surface area contributed by atoms with Crippen LogP contribution >= 0.6 is 0 Å². The smallest absolute Gasteiger partial charge is 0.170 e. The van der Waals surface area contributed by atoms with Crippen LogP contribution in [0.25, 0.3) is 0 Å². The van der Waals surface area contributed by atoms with Crippen LogP contribution in [0, 0.1) is 0 Å². The molecule has 78 valence electrons. The Morgan fingerprint density at radius 2 is 1.87 bits per heavy atom. The molecular formula is C12H12O3. The van der Waals surface area contributed by atoms with Gasteiger partial charge in [0.25, 0.3) is 0 Å². The van der Waals surface area contributed by atoms with Crippen molar-refractivity contribution >= 4 is 11.6 Å². The quantitative estimate of drug-likeness (QED) is 0.465. The lowest BCUT2D eigenvalue weighted by Gasteiger charge is -1.99. The Balaban J connectivity index is 2.69. The molecule has 0 unspecified atom stereocenters. The third-order valence-electron chi connectivity index (χ3n) is 1.81. The van der Waals surface area contributed by atoms with Crippen LogP contribution < -0.4 is 0 Å². The molecule has 0 radical (unpaired) electrons. The van der Waals surface area contributed by atoms with E-state index < -0.39 is 0 Å². The highest BCUT2D eigenvalue weighted by Gasteiger charge is 2.07. The van der Waals surface area contributed by atoms with Gasteiger partial charge in [0.15, 0.2) is 11.6 Å². The van der Waals surface area contributed by atoms with E-state index in [1.807, 2.05) is 6.07 Å². The van der Waals surface area contributed by atoms with Crippen LogP contribution in [-0.4, -0.2) is 16.7 Å². The highest BCUT2D eigenvalue weighted by molar-refractivity contribution is 5.98. The van der Waals surface area contributed by atoms with Gasteiger partial charge >= 0.3 is 0 Å². The number of hydrogen-bond donors (Lipinski definition) is 1. The number of aliphatic hydroxyl groups is 1. The van der Waals surface area contributed by atoms with Crippen molar-refractivity contribution in [2.24, 2.45) is 0 Å². The SMILES string of the molecule is CC(=O)/C=C(\O)CC(=O)c1ccccc1. The summed E-state index contributed by atoms with van der Waals surface area (Å²) in [5.41, 5.74) is 0.529. The molecule has 1 aromatic carbocycles. The van der Waals surface area contributed by atoms with Gasteiger partial charge in [-0.15, -0.1) is 0 Å².